The molecular weight excluding hydrogens is 215 g/mol. The Morgan fingerprint density at radius 3 is 2.29 bits per heavy atom. The Bertz CT molecular complexity index is 665. The quantitative estimate of drug-likeness (QED) is 0.592. The van der Waals surface area contributed by atoms with Crippen LogP contribution < -0.4 is 0 Å². The van der Waals surface area contributed by atoms with Crippen LogP contribution in [0.15, 0.2) is 54.6 Å². The SMILES string of the molecule is Fc1nc(-c2ccccc2)c2ccccc2n1. The molecule has 0 N–H and O–H groups in total. The number of halogens is 1. The molecule has 2 nitrogen and oxygen atoms in total. The molecule has 0 spiro atoms. The van der Waals surface area contributed by atoms with Gasteiger partial charge in [-0.1, -0.05) is 48.5 Å². The highest BCUT2D eigenvalue weighted by Crippen LogP contribution is 2.25. The Morgan fingerprint density at radius 1 is 0.765 bits per heavy atom. The molecule has 0 saturated heterocycles. The van der Waals surface area contributed by atoms with Gasteiger partial charge in [0, 0.05) is 10.9 Å². The summed E-state index contributed by atoms with van der Waals surface area (Å²) in [4.78, 5) is 7.68. The second-order valence-corrected chi connectivity index (χ2v) is 3.72. The smallest absolute Gasteiger partial charge is 0.202 e. The van der Waals surface area contributed by atoms with Gasteiger partial charge in [-0.05, 0) is 6.07 Å². The fraction of sp³-hybridized carbons (Fsp3) is 0. The van der Waals surface area contributed by atoms with E-state index < -0.39 is 6.08 Å². The minimum atomic E-state index is -0.692. The van der Waals surface area contributed by atoms with Crippen molar-refractivity contribution >= 4 is 10.9 Å². The molecule has 0 atom stereocenters. The van der Waals surface area contributed by atoms with E-state index in [0.29, 0.717) is 11.2 Å². The maximum absolute atomic E-state index is 13.4. The van der Waals surface area contributed by atoms with Crippen molar-refractivity contribution in [3.8, 4) is 11.3 Å². The molecule has 0 saturated carbocycles. The zero-order valence-electron chi connectivity index (χ0n) is 8.97. The number of aromatic nitrogens is 2. The highest BCUT2D eigenvalue weighted by Gasteiger charge is 2.08. The lowest BCUT2D eigenvalue weighted by atomic mass is 10.1. The molecule has 82 valence electrons. The van der Waals surface area contributed by atoms with Crippen LogP contribution in [0.4, 0.5) is 4.39 Å². The van der Waals surface area contributed by atoms with Gasteiger partial charge >= 0.3 is 6.08 Å². The number of nitrogens with zero attached hydrogens (tertiary/aromatic N) is 2. The lowest BCUT2D eigenvalue weighted by molar-refractivity contribution is 0.546. The molecule has 3 rings (SSSR count). The second kappa shape index (κ2) is 3.94. The minimum Gasteiger partial charge on any atom is -0.202 e. The highest BCUT2D eigenvalue weighted by molar-refractivity contribution is 5.91. The van der Waals surface area contributed by atoms with Crippen LogP contribution in [0, 0.1) is 6.08 Å². The number of para-hydroxylation sites is 1. The molecule has 17 heavy (non-hydrogen) atoms. The normalized spacial score (nSPS) is 10.6. The Hall–Kier alpha value is -2.29. The summed E-state index contributed by atoms with van der Waals surface area (Å²) < 4.78 is 13.4. The van der Waals surface area contributed by atoms with Gasteiger partial charge in [0.2, 0.25) is 0 Å². The molecule has 0 unspecified atom stereocenters. The van der Waals surface area contributed by atoms with E-state index in [1.165, 1.54) is 0 Å². The van der Waals surface area contributed by atoms with E-state index in [9.17, 15) is 4.39 Å². The maximum atomic E-state index is 13.4. The Kier molecular flexibility index (Phi) is 2.29. The fourth-order valence-electron chi connectivity index (χ4n) is 1.86. The van der Waals surface area contributed by atoms with Gasteiger partial charge in [-0.15, -0.1) is 0 Å². The fourth-order valence-corrected chi connectivity index (χ4v) is 1.86. The van der Waals surface area contributed by atoms with Gasteiger partial charge in [-0.2, -0.15) is 4.39 Å². The third-order valence-corrected chi connectivity index (χ3v) is 2.62. The average Bonchev–Trinajstić information content (AvgIpc) is 2.39. The molecule has 0 aliphatic heterocycles. The lowest BCUT2D eigenvalue weighted by Gasteiger charge is -2.05. The first-order chi connectivity index (χ1) is 8.34. The first-order valence-electron chi connectivity index (χ1n) is 5.32. The van der Waals surface area contributed by atoms with E-state index in [1.807, 2.05) is 48.5 Å². The predicted octanol–water partition coefficient (Wildman–Crippen LogP) is 3.44. The van der Waals surface area contributed by atoms with E-state index in [0.717, 1.165) is 10.9 Å². The zero-order valence-corrected chi connectivity index (χ0v) is 8.97. The van der Waals surface area contributed by atoms with E-state index in [4.69, 9.17) is 0 Å². The summed E-state index contributed by atoms with van der Waals surface area (Å²) >= 11 is 0. The van der Waals surface area contributed by atoms with Gasteiger partial charge in [-0.3, -0.25) is 0 Å². The predicted molar refractivity (Wildman–Crippen MR) is 64.9 cm³/mol. The third-order valence-electron chi connectivity index (χ3n) is 2.62. The van der Waals surface area contributed by atoms with Crippen molar-refractivity contribution in [1.82, 2.24) is 9.97 Å². The van der Waals surface area contributed by atoms with E-state index in [-0.39, 0.29) is 0 Å². The summed E-state index contributed by atoms with van der Waals surface area (Å²) in [5.74, 6) is 0. The standard InChI is InChI=1S/C14H9FN2/c15-14-16-12-9-5-4-8-11(12)13(17-14)10-6-2-1-3-7-10/h1-9H. The Balaban J connectivity index is 2.36. The molecule has 0 amide bonds. The van der Waals surface area contributed by atoms with Gasteiger partial charge in [-0.25, -0.2) is 9.97 Å². The van der Waals surface area contributed by atoms with Gasteiger partial charge in [0.15, 0.2) is 0 Å². The molecule has 2 aromatic carbocycles. The van der Waals surface area contributed by atoms with Crippen LogP contribution >= 0.6 is 0 Å². The van der Waals surface area contributed by atoms with Crippen molar-refractivity contribution in [3.05, 3.63) is 60.7 Å². The van der Waals surface area contributed by atoms with Crippen LogP contribution in [-0.4, -0.2) is 9.97 Å². The van der Waals surface area contributed by atoms with Crippen molar-refractivity contribution in [2.24, 2.45) is 0 Å². The topological polar surface area (TPSA) is 25.8 Å². The molecule has 3 heteroatoms. The summed E-state index contributed by atoms with van der Waals surface area (Å²) in [6.07, 6.45) is -0.692. The van der Waals surface area contributed by atoms with Gasteiger partial charge < -0.3 is 0 Å². The van der Waals surface area contributed by atoms with Crippen molar-refractivity contribution in [2.75, 3.05) is 0 Å². The number of hydrogen-bond donors (Lipinski definition) is 0. The molecule has 0 radical (unpaired) electrons. The van der Waals surface area contributed by atoms with Crippen molar-refractivity contribution in [3.63, 3.8) is 0 Å². The molecule has 0 bridgehead atoms. The number of fused-ring (bicyclic) bond motifs is 1. The van der Waals surface area contributed by atoms with Crippen LogP contribution in [-0.2, 0) is 0 Å². The molecule has 0 fully saturated rings. The summed E-state index contributed by atoms with van der Waals surface area (Å²) in [7, 11) is 0. The first-order valence-corrected chi connectivity index (χ1v) is 5.32. The van der Waals surface area contributed by atoms with Crippen LogP contribution in [0.3, 0.4) is 0 Å². The van der Waals surface area contributed by atoms with Crippen molar-refractivity contribution < 1.29 is 4.39 Å². The van der Waals surface area contributed by atoms with Crippen LogP contribution in [0.5, 0.6) is 0 Å². The van der Waals surface area contributed by atoms with Crippen LogP contribution in [0.2, 0.25) is 0 Å². The zero-order chi connectivity index (χ0) is 11.7. The van der Waals surface area contributed by atoms with Crippen molar-refractivity contribution in [2.45, 2.75) is 0 Å². The van der Waals surface area contributed by atoms with E-state index in [2.05, 4.69) is 9.97 Å². The Morgan fingerprint density at radius 2 is 1.47 bits per heavy atom. The average molecular weight is 224 g/mol. The molecule has 1 heterocycles. The van der Waals surface area contributed by atoms with Gasteiger partial charge in [0.05, 0.1) is 11.2 Å². The summed E-state index contributed by atoms with van der Waals surface area (Å²) in [6.45, 7) is 0. The van der Waals surface area contributed by atoms with Gasteiger partial charge in [0.1, 0.15) is 0 Å². The third kappa shape index (κ3) is 1.76. The lowest BCUT2D eigenvalue weighted by Crippen LogP contribution is -1.94. The molecule has 0 aliphatic carbocycles. The van der Waals surface area contributed by atoms with E-state index >= 15 is 0 Å². The minimum absolute atomic E-state index is 0.624. The first kappa shape index (κ1) is 9.90. The van der Waals surface area contributed by atoms with Crippen molar-refractivity contribution in [1.29, 1.82) is 0 Å². The van der Waals surface area contributed by atoms with Crippen LogP contribution in [0.1, 0.15) is 0 Å². The summed E-state index contributed by atoms with van der Waals surface area (Å²) in [6, 6.07) is 17.0. The molecular formula is C14H9FN2. The van der Waals surface area contributed by atoms with Crippen LogP contribution in [0.25, 0.3) is 22.2 Å². The molecule has 3 aromatic rings. The largest absolute Gasteiger partial charge is 0.309 e. The number of benzene rings is 2. The van der Waals surface area contributed by atoms with E-state index in [1.54, 1.807) is 6.07 Å². The summed E-state index contributed by atoms with van der Waals surface area (Å²) in [5, 5.41) is 0.861. The highest BCUT2D eigenvalue weighted by atomic mass is 19.1. The number of rotatable bonds is 1. The monoisotopic (exact) mass is 224 g/mol. The summed E-state index contributed by atoms with van der Waals surface area (Å²) in [5.41, 5.74) is 2.15. The molecule has 0 aliphatic rings. The number of hydrogen-bond acceptors (Lipinski definition) is 2. The van der Waals surface area contributed by atoms with Gasteiger partial charge in [0.25, 0.3) is 0 Å². The maximum Gasteiger partial charge on any atom is 0.309 e. The Labute approximate surface area is 97.8 Å². The molecule has 1 aromatic heterocycles. The second-order valence-electron chi connectivity index (χ2n) is 3.72.